The summed E-state index contributed by atoms with van der Waals surface area (Å²) in [4.78, 5) is 20.8. The summed E-state index contributed by atoms with van der Waals surface area (Å²) in [7, 11) is -4.44. The second-order valence-corrected chi connectivity index (χ2v) is 11.9. The molecule has 0 aliphatic rings. The molecule has 1 unspecified atom stereocenters. The molecule has 0 aliphatic carbocycles. The Bertz CT molecular complexity index is 1740. The van der Waals surface area contributed by atoms with Crippen LogP contribution in [0.4, 0.5) is 0 Å². The van der Waals surface area contributed by atoms with E-state index >= 15 is 0 Å². The van der Waals surface area contributed by atoms with Gasteiger partial charge in [-0.15, -0.1) is 0 Å². The maximum atomic E-state index is 13.8. The van der Waals surface area contributed by atoms with Gasteiger partial charge >= 0.3 is 0 Å². The number of hydrogen-bond acceptors (Lipinski definition) is 7. The highest BCUT2D eigenvalue weighted by Crippen LogP contribution is 2.36. The molecule has 40 heavy (non-hydrogen) atoms. The number of benzene rings is 2. The van der Waals surface area contributed by atoms with Crippen LogP contribution in [0.25, 0.3) is 11.1 Å². The largest absolute Gasteiger partial charge is 0.493 e. The van der Waals surface area contributed by atoms with Crippen molar-refractivity contribution in [1.82, 2.24) is 14.5 Å². The van der Waals surface area contributed by atoms with Crippen molar-refractivity contribution in [3.63, 3.8) is 0 Å². The summed E-state index contributed by atoms with van der Waals surface area (Å²) >= 11 is 0. The highest BCUT2D eigenvalue weighted by atomic mass is 32.2. The van der Waals surface area contributed by atoms with E-state index in [-0.39, 0.29) is 10.8 Å². The molecule has 206 valence electrons. The number of pyridine rings is 1. The monoisotopic (exact) mass is 556 g/mol. The van der Waals surface area contributed by atoms with Crippen LogP contribution in [0.2, 0.25) is 0 Å². The second-order valence-electron chi connectivity index (χ2n) is 10.0. The van der Waals surface area contributed by atoms with Gasteiger partial charge in [-0.3, -0.25) is 14.3 Å². The number of hydrogen-bond donors (Lipinski definition) is 1. The molecule has 8 nitrogen and oxygen atoms in total. The molecule has 0 bridgehead atoms. The van der Waals surface area contributed by atoms with Gasteiger partial charge in [0.1, 0.15) is 5.82 Å². The van der Waals surface area contributed by atoms with Gasteiger partial charge in [-0.25, -0.2) is 8.42 Å². The van der Waals surface area contributed by atoms with E-state index in [4.69, 9.17) is 0 Å². The van der Waals surface area contributed by atoms with E-state index in [2.05, 4.69) is 16.0 Å². The van der Waals surface area contributed by atoms with Crippen LogP contribution in [-0.4, -0.2) is 28.1 Å². The fourth-order valence-electron chi connectivity index (χ4n) is 4.93. The molecular weight excluding hydrogens is 524 g/mol. The molecule has 0 fully saturated rings. The molecule has 2 aromatic carbocycles. The molecule has 1 N–H and O–H groups in total. The smallest absolute Gasteiger partial charge is 0.296 e. The van der Waals surface area contributed by atoms with Gasteiger partial charge in [-0.2, -0.15) is 10.2 Å². The predicted molar refractivity (Wildman–Crippen MR) is 153 cm³/mol. The highest BCUT2D eigenvalue weighted by Gasteiger charge is 2.33. The zero-order chi connectivity index (χ0) is 29.0. The van der Waals surface area contributed by atoms with Crippen LogP contribution in [0.5, 0.6) is 5.88 Å². The van der Waals surface area contributed by atoms with Crippen molar-refractivity contribution < 1.29 is 13.5 Å². The SMILES string of the molecule is CCCCc1nc(=O)c(S(=O)(=O)c2ccc(-c3cccnc3C)cc2)c(O)n1C(c1cccc(C#N)c1)C(C)C. The van der Waals surface area contributed by atoms with Gasteiger partial charge in [0, 0.05) is 23.9 Å². The van der Waals surface area contributed by atoms with Gasteiger partial charge < -0.3 is 5.11 Å². The number of rotatable bonds is 9. The lowest BCUT2D eigenvalue weighted by atomic mass is 9.94. The first-order chi connectivity index (χ1) is 19.1. The number of nitrogens with zero attached hydrogens (tertiary/aromatic N) is 4. The number of aryl methyl sites for hydroxylation is 2. The minimum absolute atomic E-state index is 0.132. The van der Waals surface area contributed by atoms with Crippen LogP contribution in [0.1, 0.15) is 62.3 Å². The van der Waals surface area contributed by atoms with Gasteiger partial charge in [0.15, 0.2) is 4.90 Å². The lowest BCUT2D eigenvalue weighted by Crippen LogP contribution is -2.29. The molecule has 0 saturated heterocycles. The van der Waals surface area contributed by atoms with Crippen LogP contribution in [0, 0.1) is 24.2 Å². The summed E-state index contributed by atoms with van der Waals surface area (Å²) in [5.74, 6) is -0.492. The van der Waals surface area contributed by atoms with Crippen molar-refractivity contribution in [3.8, 4) is 23.1 Å². The number of sulfone groups is 1. The molecule has 0 radical (unpaired) electrons. The molecule has 0 aliphatic heterocycles. The maximum absolute atomic E-state index is 13.8. The maximum Gasteiger partial charge on any atom is 0.296 e. The Hall–Kier alpha value is -4.29. The fourth-order valence-corrected chi connectivity index (χ4v) is 6.28. The number of unbranched alkanes of at least 4 members (excludes halogenated alkanes) is 1. The average molecular weight is 557 g/mol. The minimum Gasteiger partial charge on any atom is -0.493 e. The predicted octanol–water partition coefficient (Wildman–Crippen LogP) is 5.61. The van der Waals surface area contributed by atoms with E-state index in [9.17, 15) is 23.6 Å². The Morgan fingerprint density at radius 1 is 1.07 bits per heavy atom. The first-order valence-corrected chi connectivity index (χ1v) is 14.7. The highest BCUT2D eigenvalue weighted by molar-refractivity contribution is 7.91. The summed E-state index contributed by atoms with van der Waals surface area (Å²) in [5.41, 5.74) is 2.57. The van der Waals surface area contributed by atoms with E-state index in [1.54, 1.807) is 42.6 Å². The van der Waals surface area contributed by atoms with Gasteiger partial charge in [0.2, 0.25) is 15.7 Å². The van der Waals surface area contributed by atoms with Crippen LogP contribution in [-0.2, 0) is 16.3 Å². The number of aromatic nitrogens is 3. The first-order valence-electron chi connectivity index (χ1n) is 13.2. The summed E-state index contributed by atoms with van der Waals surface area (Å²) in [6, 6.07) is 18.3. The summed E-state index contributed by atoms with van der Waals surface area (Å²) in [5, 5.41) is 21.0. The number of aromatic hydroxyl groups is 1. The van der Waals surface area contributed by atoms with E-state index in [0.29, 0.717) is 29.8 Å². The summed E-state index contributed by atoms with van der Waals surface area (Å²) in [6.45, 7) is 7.72. The van der Waals surface area contributed by atoms with Crippen molar-refractivity contribution in [2.24, 2.45) is 5.92 Å². The normalized spacial score (nSPS) is 12.3. The van der Waals surface area contributed by atoms with E-state index < -0.39 is 32.2 Å². The molecule has 2 aromatic heterocycles. The van der Waals surface area contributed by atoms with E-state index in [0.717, 1.165) is 23.2 Å². The summed E-state index contributed by atoms with van der Waals surface area (Å²) in [6.07, 6.45) is 3.57. The van der Waals surface area contributed by atoms with E-state index in [1.807, 2.05) is 39.8 Å². The molecule has 0 spiro atoms. The molecule has 2 heterocycles. The average Bonchev–Trinajstić information content (AvgIpc) is 2.93. The molecule has 4 aromatic rings. The van der Waals surface area contributed by atoms with Crippen LogP contribution in [0.15, 0.2) is 81.4 Å². The lowest BCUT2D eigenvalue weighted by molar-refractivity contribution is 0.326. The third kappa shape index (κ3) is 5.54. The standard InChI is InChI=1S/C31H32N4O4S/c1-5-6-12-27-34-30(36)29(31(37)35(27)28(20(2)3)24-10-7-9-22(18-24)19-32)40(38,39)25-15-13-23(14-16-25)26-11-8-17-33-21(26)4/h7-11,13-18,20,28,37H,5-6,12H2,1-4H3. The Kier molecular flexibility index (Phi) is 8.50. The zero-order valence-corrected chi connectivity index (χ0v) is 23.8. The minimum atomic E-state index is -4.44. The third-order valence-electron chi connectivity index (χ3n) is 6.91. The zero-order valence-electron chi connectivity index (χ0n) is 23.0. The quantitative estimate of drug-likeness (QED) is 0.284. The molecule has 9 heteroatoms. The van der Waals surface area contributed by atoms with Crippen molar-refractivity contribution in [1.29, 1.82) is 5.26 Å². The van der Waals surface area contributed by atoms with Crippen LogP contribution < -0.4 is 5.56 Å². The summed E-state index contributed by atoms with van der Waals surface area (Å²) < 4.78 is 29.1. The van der Waals surface area contributed by atoms with Gasteiger partial charge in [0.25, 0.3) is 5.56 Å². The molecular formula is C31H32N4O4S. The first kappa shape index (κ1) is 28.7. The van der Waals surface area contributed by atoms with Crippen LogP contribution in [0.3, 0.4) is 0 Å². The molecule has 0 saturated carbocycles. The number of nitriles is 1. The lowest BCUT2D eigenvalue weighted by Gasteiger charge is -2.29. The Labute approximate surface area is 234 Å². The van der Waals surface area contributed by atoms with Crippen LogP contribution >= 0.6 is 0 Å². The van der Waals surface area contributed by atoms with Crippen molar-refractivity contribution in [2.45, 2.75) is 62.8 Å². The second kappa shape index (κ2) is 11.8. The molecule has 1 atom stereocenters. The Morgan fingerprint density at radius 2 is 1.80 bits per heavy atom. The van der Waals surface area contributed by atoms with Gasteiger partial charge in [-0.05, 0) is 60.7 Å². The topological polar surface area (TPSA) is 126 Å². The Morgan fingerprint density at radius 3 is 2.42 bits per heavy atom. The fraction of sp³-hybridized carbons (Fsp3) is 0.290. The molecule has 4 rings (SSSR count). The third-order valence-corrected chi connectivity index (χ3v) is 8.69. The van der Waals surface area contributed by atoms with E-state index in [1.165, 1.54) is 16.7 Å². The van der Waals surface area contributed by atoms with Gasteiger partial charge in [0.05, 0.1) is 22.6 Å². The Balaban J connectivity index is 1.91. The van der Waals surface area contributed by atoms with Crippen molar-refractivity contribution in [3.05, 3.63) is 99.9 Å². The van der Waals surface area contributed by atoms with Crippen molar-refractivity contribution in [2.75, 3.05) is 0 Å². The van der Waals surface area contributed by atoms with Crippen molar-refractivity contribution >= 4 is 9.84 Å². The molecule has 0 amide bonds. The van der Waals surface area contributed by atoms with Gasteiger partial charge in [-0.1, -0.05) is 57.5 Å².